The number of amides is 4. The van der Waals surface area contributed by atoms with E-state index in [1.165, 1.54) is 4.90 Å². The van der Waals surface area contributed by atoms with E-state index in [1.807, 2.05) is 6.07 Å². The molecule has 0 spiro atoms. The summed E-state index contributed by atoms with van der Waals surface area (Å²) in [6.07, 6.45) is -1.77. The second-order valence-corrected chi connectivity index (χ2v) is 10.7. The molecule has 5 heterocycles. The highest BCUT2D eigenvalue weighted by atomic mass is 19.4. The van der Waals surface area contributed by atoms with Crippen LogP contribution in [0.25, 0.3) is 0 Å². The number of likely N-dealkylation sites (tertiary alicyclic amines) is 1. The number of nitrogens with one attached hydrogen (secondary N) is 1. The number of rotatable bonds is 5. The third-order valence-corrected chi connectivity index (χ3v) is 8.40. The Balaban J connectivity index is 1.12. The molecule has 4 aliphatic heterocycles. The summed E-state index contributed by atoms with van der Waals surface area (Å²) in [5, 5.41) is 2.31. The number of halogens is 3. The first-order chi connectivity index (χ1) is 18.1. The van der Waals surface area contributed by atoms with Gasteiger partial charge in [-0.05, 0) is 56.1 Å². The minimum absolute atomic E-state index is 0.206. The molecule has 0 radical (unpaired) electrons. The Hall–Kier alpha value is -3.18. The van der Waals surface area contributed by atoms with Crippen LogP contribution in [0.15, 0.2) is 12.1 Å². The van der Waals surface area contributed by atoms with Gasteiger partial charge in [0.25, 0.3) is 5.91 Å². The first-order valence-electron chi connectivity index (χ1n) is 13.3. The maximum absolute atomic E-state index is 12.9. The molecule has 206 valence electrons. The second kappa shape index (κ2) is 10.5. The molecule has 0 aromatic carbocycles. The van der Waals surface area contributed by atoms with Crippen LogP contribution in [-0.2, 0) is 20.9 Å². The summed E-state index contributed by atoms with van der Waals surface area (Å²) in [6, 6.07) is 2.94. The van der Waals surface area contributed by atoms with Gasteiger partial charge < -0.3 is 14.7 Å². The van der Waals surface area contributed by atoms with Crippen LogP contribution in [0.2, 0.25) is 0 Å². The number of pyridine rings is 1. The van der Waals surface area contributed by atoms with Crippen LogP contribution in [0.1, 0.15) is 67.4 Å². The third-order valence-electron chi connectivity index (χ3n) is 8.40. The smallest absolute Gasteiger partial charge is 0.357 e. The highest BCUT2D eigenvalue weighted by molar-refractivity contribution is 6.05. The Morgan fingerprint density at radius 1 is 0.974 bits per heavy atom. The van der Waals surface area contributed by atoms with Gasteiger partial charge in [-0.25, -0.2) is 4.98 Å². The predicted molar refractivity (Wildman–Crippen MR) is 130 cm³/mol. The van der Waals surface area contributed by atoms with Crippen molar-refractivity contribution in [1.29, 1.82) is 0 Å². The third kappa shape index (κ3) is 5.63. The molecule has 1 aromatic heterocycles. The minimum atomic E-state index is -4.31. The zero-order valence-electron chi connectivity index (χ0n) is 21.1. The van der Waals surface area contributed by atoms with Crippen LogP contribution in [0.4, 0.5) is 19.0 Å². The van der Waals surface area contributed by atoms with Crippen molar-refractivity contribution < 1.29 is 32.3 Å². The summed E-state index contributed by atoms with van der Waals surface area (Å²) in [4.78, 5) is 58.8. The Labute approximate surface area is 218 Å². The molecule has 1 aromatic rings. The molecule has 1 atom stereocenters. The van der Waals surface area contributed by atoms with E-state index in [0.29, 0.717) is 42.6 Å². The quantitative estimate of drug-likeness (QED) is 0.582. The number of anilines is 1. The number of hydrogen-bond donors (Lipinski definition) is 1. The number of fused-ring (bicyclic) bond motifs is 1. The first-order valence-corrected chi connectivity index (χ1v) is 13.3. The fourth-order valence-corrected chi connectivity index (χ4v) is 6.23. The number of imide groups is 1. The van der Waals surface area contributed by atoms with E-state index in [9.17, 15) is 32.3 Å². The monoisotopic (exact) mass is 535 g/mol. The van der Waals surface area contributed by atoms with E-state index in [0.717, 1.165) is 44.6 Å². The van der Waals surface area contributed by atoms with Gasteiger partial charge >= 0.3 is 6.18 Å². The fourth-order valence-electron chi connectivity index (χ4n) is 6.23. The number of carbonyl (C=O) groups excluding carboxylic acids is 4. The van der Waals surface area contributed by atoms with E-state index < -0.39 is 36.9 Å². The topological polar surface area (TPSA) is 103 Å². The SMILES string of the molecule is O=C1CCC(N2Cc3nc(N4CCC(C5CCN(C(=O)CCC(F)(F)F)CC5)CC4)ccc3C2=O)C(=O)N1. The highest BCUT2D eigenvalue weighted by Gasteiger charge is 2.40. The molecule has 38 heavy (non-hydrogen) atoms. The molecule has 12 heteroatoms. The number of hydrogen-bond acceptors (Lipinski definition) is 6. The van der Waals surface area contributed by atoms with Crippen LogP contribution in [0, 0.1) is 11.8 Å². The van der Waals surface area contributed by atoms with Crippen LogP contribution in [0.5, 0.6) is 0 Å². The maximum atomic E-state index is 12.9. The zero-order valence-corrected chi connectivity index (χ0v) is 21.1. The molecule has 4 amide bonds. The average Bonchev–Trinajstić information content (AvgIpc) is 3.22. The van der Waals surface area contributed by atoms with E-state index in [2.05, 4.69) is 10.2 Å². The van der Waals surface area contributed by atoms with Gasteiger partial charge in [-0.3, -0.25) is 24.5 Å². The van der Waals surface area contributed by atoms with E-state index >= 15 is 0 Å². The summed E-state index contributed by atoms with van der Waals surface area (Å²) in [6.45, 7) is 2.90. The Morgan fingerprint density at radius 3 is 2.26 bits per heavy atom. The fraction of sp³-hybridized carbons (Fsp3) is 0.654. The average molecular weight is 536 g/mol. The number of piperidine rings is 3. The van der Waals surface area contributed by atoms with Crippen molar-refractivity contribution >= 4 is 29.4 Å². The van der Waals surface area contributed by atoms with Crippen LogP contribution in [0.3, 0.4) is 0 Å². The van der Waals surface area contributed by atoms with Crippen LogP contribution < -0.4 is 10.2 Å². The summed E-state index contributed by atoms with van der Waals surface area (Å²) in [5.41, 5.74) is 1.13. The van der Waals surface area contributed by atoms with Gasteiger partial charge in [-0.1, -0.05) is 0 Å². The van der Waals surface area contributed by atoms with Crippen LogP contribution in [-0.4, -0.2) is 76.8 Å². The lowest BCUT2D eigenvalue weighted by molar-refractivity contribution is -0.150. The van der Waals surface area contributed by atoms with Gasteiger partial charge in [0, 0.05) is 39.0 Å². The maximum Gasteiger partial charge on any atom is 0.389 e. The Morgan fingerprint density at radius 2 is 1.63 bits per heavy atom. The summed E-state index contributed by atoms with van der Waals surface area (Å²) >= 11 is 0. The molecule has 1 unspecified atom stereocenters. The van der Waals surface area contributed by atoms with E-state index in [4.69, 9.17) is 4.98 Å². The summed E-state index contributed by atoms with van der Waals surface area (Å²) in [5.74, 6) is 0.336. The molecule has 0 saturated carbocycles. The number of carbonyl (C=O) groups is 4. The van der Waals surface area contributed by atoms with Crippen LogP contribution >= 0.6 is 0 Å². The Kier molecular flexibility index (Phi) is 7.32. The zero-order chi connectivity index (χ0) is 27.0. The van der Waals surface area contributed by atoms with Crippen molar-refractivity contribution in [2.24, 2.45) is 11.8 Å². The second-order valence-electron chi connectivity index (χ2n) is 10.7. The summed E-state index contributed by atoms with van der Waals surface area (Å²) in [7, 11) is 0. The molecule has 5 rings (SSSR count). The predicted octanol–water partition coefficient (Wildman–Crippen LogP) is 2.64. The van der Waals surface area contributed by atoms with E-state index in [1.54, 1.807) is 11.0 Å². The standard InChI is InChI=1S/C26H32F3N5O4/c27-26(28,29)10-5-23(36)33-13-8-17(9-14-33)16-6-11-32(12-7-16)21-3-1-18-19(30-21)15-34(25(18)38)20-2-4-22(35)31-24(20)37/h1,3,16-17,20H,2,4-15H2,(H,31,35,37). The number of nitrogens with zero attached hydrogens (tertiary/aromatic N) is 4. The van der Waals surface area contributed by atoms with Crippen molar-refractivity contribution in [3.8, 4) is 0 Å². The van der Waals surface area contributed by atoms with Gasteiger partial charge in [0.05, 0.1) is 24.2 Å². The van der Waals surface area contributed by atoms with Crippen molar-refractivity contribution in [2.45, 2.75) is 70.1 Å². The van der Waals surface area contributed by atoms with Crippen molar-refractivity contribution in [2.75, 3.05) is 31.1 Å². The first kappa shape index (κ1) is 26.4. The Bertz CT molecular complexity index is 1110. The number of aromatic nitrogens is 1. The van der Waals surface area contributed by atoms with Gasteiger partial charge in [0.2, 0.25) is 17.7 Å². The highest BCUT2D eigenvalue weighted by Crippen LogP contribution is 2.35. The lowest BCUT2D eigenvalue weighted by Gasteiger charge is -2.40. The molecular weight excluding hydrogens is 503 g/mol. The molecule has 4 aliphatic rings. The number of alkyl halides is 3. The van der Waals surface area contributed by atoms with Gasteiger partial charge in [0.15, 0.2) is 0 Å². The molecule has 3 saturated heterocycles. The minimum Gasteiger partial charge on any atom is -0.357 e. The molecular formula is C26H32F3N5O4. The van der Waals surface area contributed by atoms with Crippen molar-refractivity contribution in [3.63, 3.8) is 0 Å². The summed E-state index contributed by atoms with van der Waals surface area (Å²) < 4.78 is 37.3. The van der Waals surface area contributed by atoms with E-state index in [-0.39, 0.29) is 24.8 Å². The largest absolute Gasteiger partial charge is 0.389 e. The normalized spacial score (nSPS) is 23.6. The molecule has 9 nitrogen and oxygen atoms in total. The van der Waals surface area contributed by atoms with Crippen molar-refractivity contribution in [1.82, 2.24) is 20.1 Å². The molecule has 0 aliphatic carbocycles. The van der Waals surface area contributed by atoms with Gasteiger partial charge in [-0.15, -0.1) is 0 Å². The lowest BCUT2D eigenvalue weighted by atomic mass is 9.78. The lowest BCUT2D eigenvalue weighted by Crippen LogP contribution is -2.52. The molecule has 3 fully saturated rings. The van der Waals surface area contributed by atoms with Gasteiger partial charge in [-0.2, -0.15) is 13.2 Å². The van der Waals surface area contributed by atoms with Crippen molar-refractivity contribution in [3.05, 3.63) is 23.4 Å². The van der Waals surface area contributed by atoms with Gasteiger partial charge in [0.1, 0.15) is 11.9 Å². The molecule has 0 bridgehead atoms. The molecule has 1 N–H and O–H groups in total.